The summed E-state index contributed by atoms with van der Waals surface area (Å²) in [6, 6.07) is 5.59. The maximum Gasteiger partial charge on any atom is 0.417 e. The van der Waals surface area contributed by atoms with Gasteiger partial charge in [-0.2, -0.15) is 13.2 Å². The average molecular weight is 350 g/mol. The fraction of sp³-hybridized carbons (Fsp3) is 0.154. The van der Waals surface area contributed by atoms with Gasteiger partial charge in [0.05, 0.1) is 12.1 Å². The van der Waals surface area contributed by atoms with E-state index in [1.807, 2.05) is 0 Å². The van der Waals surface area contributed by atoms with Gasteiger partial charge in [0.2, 0.25) is 0 Å². The van der Waals surface area contributed by atoms with Crippen LogP contribution in [0.25, 0.3) is 0 Å². The van der Waals surface area contributed by atoms with Crippen LogP contribution in [0.2, 0.25) is 0 Å². The maximum atomic E-state index is 13.6. The zero-order valence-electron chi connectivity index (χ0n) is 9.92. The molecule has 1 aromatic carbocycles. The molecule has 0 aliphatic carbocycles. The first kappa shape index (κ1) is 14.8. The third-order valence-electron chi connectivity index (χ3n) is 2.66. The van der Waals surface area contributed by atoms with Crippen molar-refractivity contribution in [2.45, 2.75) is 12.7 Å². The van der Waals surface area contributed by atoms with E-state index in [1.165, 1.54) is 18.2 Å². The van der Waals surface area contributed by atoms with Crippen molar-refractivity contribution in [2.75, 3.05) is 0 Å². The number of hydrogen-bond donors (Lipinski definition) is 0. The SMILES string of the molecule is O=c1ccc(C(F)(F)F)cn1Cc1cc(Br)ccc1F. The zero-order chi connectivity index (χ0) is 14.9. The Labute approximate surface area is 119 Å². The van der Waals surface area contributed by atoms with Crippen molar-refractivity contribution in [2.24, 2.45) is 0 Å². The first-order chi connectivity index (χ1) is 9.27. The highest BCUT2D eigenvalue weighted by Gasteiger charge is 2.31. The lowest BCUT2D eigenvalue weighted by Gasteiger charge is -2.11. The molecule has 0 saturated heterocycles. The number of nitrogens with zero attached hydrogens (tertiary/aromatic N) is 1. The van der Waals surface area contributed by atoms with Crippen molar-refractivity contribution < 1.29 is 17.6 Å². The lowest BCUT2D eigenvalue weighted by Crippen LogP contribution is -2.22. The molecule has 0 fully saturated rings. The molecule has 106 valence electrons. The van der Waals surface area contributed by atoms with Gasteiger partial charge in [-0.25, -0.2) is 4.39 Å². The third-order valence-corrected chi connectivity index (χ3v) is 3.15. The number of halogens is 5. The quantitative estimate of drug-likeness (QED) is 0.755. The molecule has 0 atom stereocenters. The minimum atomic E-state index is -4.55. The lowest BCUT2D eigenvalue weighted by molar-refractivity contribution is -0.138. The molecule has 0 aliphatic heterocycles. The summed E-state index contributed by atoms with van der Waals surface area (Å²) in [5, 5.41) is 0. The van der Waals surface area contributed by atoms with Crippen molar-refractivity contribution in [3.63, 3.8) is 0 Å². The van der Waals surface area contributed by atoms with Crippen molar-refractivity contribution in [1.82, 2.24) is 4.57 Å². The smallest absolute Gasteiger partial charge is 0.310 e. The van der Waals surface area contributed by atoms with Crippen LogP contribution in [0.3, 0.4) is 0 Å². The minimum Gasteiger partial charge on any atom is -0.310 e. The van der Waals surface area contributed by atoms with Crippen LogP contribution in [0, 0.1) is 5.82 Å². The van der Waals surface area contributed by atoms with E-state index in [1.54, 1.807) is 0 Å². The van der Waals surface area contributed by atoms with Crippen LogP contribution in [-0.4, -0.2) is 4.57 Å². The predicted octanol–water partition coefficient (Wildman–Crippen LogP) is 3.82. The number of alkyl halides is 3. The molecule has 0 aliphatic rings. The summed E-state index contributed by atoms with van der Waals surface area (Å²) < 4.78 is 52.7. The van der Waals surface area contributed by atoms with E-state index in [0.29, 0.717) is 16.7 Å². The van der Waals surface area contributed by atoms with E-state index in [0.717, 1.165) is 10.6 Å². The molecular weight excluding hydrogens is 342 g/mol. The molecule has 2 rings (SSSR count). The summed E-state index contributed by atoms with van der Waals surface area (Å²) in [4.78, 5) is 11.6. The maximum absolute atomic E-state index is 13.6. The molecule has 1 aromatic heterocycles. The number of hydrogen-bond acceptors (Lipinski definition) is 1. The fourth-order valence-electron chi connectivity index (χ4n) is 1.67. The molecule has 0 unspecified atom stereocenters. The van der Waals surface area contributed by atoms with Gasteiger partial charge in [0.15, 0.2) is 0 Å². The molecule has 0 radical (unpaired) electrons. The molecule has 2 aromatic rings. The van der Waals surface area contributed by atoms with Crippen LogP contribution >= 0.6 is 15.9 Å². The lowest BCUT2D eigenvalue weighted by atomic mass is 10.2. The predicted molar refractivity (Wildman–Crippen MR) is 68.9 cm³/mol. The Morgan fingerprint density at radius 3 is 2.50 bits per heavy atom. The highest BCUT2D eigenvalue weighted by atomic mass is 79.9. The summed E-state index contributed by atoms with van der Waals surface area (Å²) in [5.74, 6) is -0.586. The van der Waals surface area contributed by atoms with E-state index >= 15 is 0 Å². The van der Waals surface area contributed by atoms with Gasteiger partial charge in [0.1, 0.15) is 5.82 Å². The minimum absolute atomic E-state index is 0.126. The standard InChI is InChI=1S/C13H8BrF4NO/c14-10-2-3-11(15)8(5-10)6-19-7-9(13(16,17)18)1-4-12(19)20/h1-5,7H,6H2. The Bertz CT molecular complexity index is 694. The Kier molecular flexibility index (Phi) is 3.99. The second-order valence-corrected chi connectivity index (χ2v) is 5.03. The molecule has 0 spiro atoms. The second kappa shape index (κ2) is 5.40. The Morgan fingerprint density at radius 1 is 1.15 bits per heavy atom. The Hall–Kier alpha value is -1.63. The van der Waals surface area contributed by atoms with Crippen LogP contribution < -0.4 is 5.56 Å². The monoisotopic (exact) mass is 349 g/mol. The molecule has 0 amide bonds. The van der Waals surface area contributed by atoms with Crippen LogP contribution in [0.1, 0.15) is 11.1 Å². The van der Waals surface area contributed by atoms with E-state index in [2.05, 4.69) is 15.9 Å². The van der Waals surface area contributed by atoms with Crippen molar-refractivity contribution in [3.05, 3.63) is 68.3 Å². The van der Waals surface area contributed by atoms with Gasteiger partial charge in [0.25, 0.3) is 5.56 Å². The van der Waals surface area contributed by atoms with Gasteiger partial charge >= 0.3 is 6.18 Å². The zero-order valence-corrected chi connectivity index (χ0v) is 11.5. The van der Waals surface area contributed by atoms with Crippen molar-refractivity contribution in [3.8, 4) is 0 Å². The van der Waals surface area contributed by atoms with Gasteiger partial charge in [-0.15, -0.1) is 0 Å². The first-order valence-corrected chi connectivity index (χ1v) is 6.28. The molecule has 7 heteroatoms. The van der Waals surface area contributed by atoms with Gasteiger partial charge in [-0.05, 0) is 24.3 Å². The average Bonchev–Trinajstić information content (AvgIpc) is 2.35. The van der Waals surface area contributed by atoms with Gasteiger partial charge in [-0.3, -0.25) is 4.79 Å². The highest BCUT2D eigenvalue weighted by molar-refractivity contribution is 9.10. The number of benzene rings is 1. The van der Waals surface area contributed by atoms with Crippen LogP contribution in [0.5, 0.6) is 0 Å². The normalized spacial score (nSPS) is 11.7. The van der Waals surface area contributed by atoms with Crippen LogP contribution in [0.4, 0.5) is 17.6 Å². The molecule has 20 heavy (non-hydrogen) atoms. The summed E-state index contributed by atoms with van der Waals surface area (Å²) >= 11 is 3.14. The summed E-state index contributed by atoms with van der Waals surface area (Å²) in [6.07, 6.45) is -3.87. The largest absolute Gasteiger partial charge is 0.417 e. The van der Waals surface area contributed by atoms with E-state index in [-0.39, 0.29) is 12.1 Å². The highest BCUT2D eigenvalue weighted by Crippen LogP contribution is 2.28. The van der Waals surface area contributed by atoms with Crippen molar-refractivity contribution in [1.29, 1.82) is 0 Å². The van der Waals surface area contributed by atoms with Gasteiger partial charge in [-0.1, -0.05) is 15.9 Å². The van der Waals surface area contributed by atoms with Crippen LogP contribution in [0.15, 0.2) is 45.8 Å². The van der Waals surface area contributed by atoms with E-state index in [4.69, 9.17) is 0 Å². The molecule has 2 nitrogen and oxygen atoms in total. The number of pyridine rings is 1. The number of rotatable bonds is 2. The molecular formula is C13H8BrF4NO. The molecule has 0 bridgehead atoms. The summed E-state index contributed by atoms with van der Waals surface area (Å²) in [5.41, 5.74) is -1.45. The van der Waals surface area contributed by atoms with Crippen LogP contribution in [-0.2, 0) is 12.7 Å². The van der Waals surface area contributed by atoms with E-state index in [9.17, 15) is 22.4 Å². The second-order valence-electron chi connectivity index (χ2n) is 4.12. The van der Waals surface area contributed by atoms with Gasteiger partial charge < -0.3 is 4.57 Å². The summed E-state index contributed by atoms with van der Waals surface area (Å²) in [6.45, 7) is -0.270. The molecule has 0 saturated carbocycles. The topological polar surface area (TPSA) is 22.0 Å². The molecule has 1 heterocycles. The van der Waals surface area contributed by atoms with Gasteiger partial charge in [0, 0.05) is 22.3 Å². The summed E-state index contributed by atoms with van der Waals surface area (Å²) in [7, 11) is 0. The van der Waals surface area contributed by atoms with Crippen molar-refractivity contribution >= 4 is 15.9 Å². The molecule has 0 N–H and O–H groups in total. The fourth-order valence-corrected chi connectivity index (χ4v) is 2.08. The Balaban J connectivity index is 2.43. The Morgan fingerprint density at radius 2 is 1.85 bits per heavy atom. The number of aromatic nitrogens is 1. The first-order valence-electron chi connectivity index (χ1n) is 5.49. The van der Waals surface area contributed by atoms with E-state index < -0.39 is 23.1 Å². The third kappa shape index (κ3) is 3.27.